The van der Waals surface area contributed by atoms with Crippen molar-refractivity contribution in [2.24, 2.45) is 0 Å². The Labute approximate surface area is 70.8 Å². The predicted octanol–water partition coefficient (Wildman–Crippen LogP) is 0.964. The van der Waals surface area contributed by atoms with E-state index in [2.05, 4.69) is 0 Å². The Hall–Kier alpha value is 0.500. The maximum Gasteiger partial charge on any atom is 0.0726 e. The Bertz CT molecular complexity index is 87.8. The molecule has 0 aliphatic heterocycles. The van der Waals surface area contributed by atoms with Crippen molar-refractivity contribution in [1.29, 1.82) is 0 Å². The smallest absolute Gasteiger partial charge is 0.0726 e. The van der Waals surface area contributed by atoms with E-state index < -0.39 is 12.2 Å². The van der Waals surface area contributed by atoms with Crippen LogP contribution in [-0.2, 0) is 0 Å². The summed E-state index contributed by atoms with van der Waals surface area (Å²) in [5.74, 6) is 0.140. The molecule has 2 N–H and O–H groups in total. The molecule has 10 heavy (non-hydrogen) atoms. The van der Waals surface area contributed by atoms with Crippen molar-refractivity contribution in [2.45, 2.75) is 30.9 Å². The first-order valence-electron chi connectivity index (χ1n) is 3.14. The molecule has 0 rings (SSSR count). The van der Waals surface area contributed by atoms with Crippen LogP contribution in [0.15, 0.2) is 0 Å². The Kier molecular flexibility index (Phi) is 5.45. The highest BCUT2D eigenvalue weighted by Gasteiger charge is 2.15. The van der Waals surface area contributed by atoms with Gasteiger partial charge in [-0.3, -0.25) is 0 Å². The van der Waals surface area contributed by atoms with E-state index in [1.54, 1.807) is 6.92 Å². The van der Waals surface area contributed by atoms with Crippen molar-refractivity contribution in [3.8, 4) is 0 Å². The third kappa shape index (κ3) is 4.34. The number of alkyl halides is 2. The number of aliphatic hydroxyl groups is 2. The fourth-order valence-corrected chi connectivity index (χ4v) is 0.758. The van der Waals surface area contributed by atoms with E-state index >= 15 is 0 Å². The lowest BCUT2D eigenvalue weighted by Gasteiger charge is -2.14. The molecule has 0 radical (unpaired) electrons. The summed E-state index contributed by atoms with van der Waals surface area (Å²) >= 11 is 10.8. The van der Waals surface area contributed by atoms with Gasteiger partial charge in [0.05, 0.1) is 17.6 Å². The van der Waals surface area contributed by atoms with E-state index in [-0.39, 0.29) is 17.7 Å². The molecule has 0 saturated carbocycles. The monoisotopic (exact) mass is 186 g/mol. The van der Waals surface area contributed by atoms with Gasteiger partial charge in [-0.05, 0) is 6.92 Å². The van der Waals surface area contributed by atoms with E-state index in [9.17, 15) is 0 Å². The molecule has 0 bridgehead atoms. The normalized spacial score (nSPS) is 20.1. The molecule has 0 aliphatic rings. The van der Waals surface area contributed by atoms with Crippen LogP contribution >= 0.6 is 23.2 Å². The molecule has 0 amide bonds. The Balaban J connectivity index is 3.46. The van der Waals surface area contributed by atoms with E-state index in [0.29, 0.717) is 0 Å². The lowest BCUT2D eigenvalue weighted by Crippen LogP contribution is -2.25. The highest BCUT2D eigenvalue weighted by Crippen LogP contribution is 2.08. The van der Waals surface area contributed by atoms with E-state index in [1.165, 1.54) is 0 Å². The van der Waals surface area contributed by atoms with Crippen LogP contribution in [0.2, 0.25) is 0 Å². The zero-order valence-corrected chi connectivity index (χ0v) is 7.31. The molecule has 0 heterocycles. The molecule has 0 aromatic heterocycles. The van der Waals surface area contributed by atoms with Gasteiger partial charge < -0.3 is 10.2 Å². The van der Waals surface area contributed by atoms with Gasteiger partial charge in [0.15, 0.2) is 0 Å². The van der Waals surface area contributed by atoms with Gasteiger partial charge in [-0.15, -0.1) is 23.2 Å². The summed E-state index contributed by atoms with van der Waals surface area (Å²) in [5, 5.41) is 17.7. The Morgan fingerprint density at radius 2 is 1.90 bits per heavy atom. The molecule has 0 aromatic carbocycles. The topological polar surface area (TPSA) is 40.5 Å². The van der Waals surface area contributed by atoms with Crippen LogP contribution in [0.4, 0.5) is 0 Å². The van der Waals surface area contributed by atoms with Crippen LogP contribution < -0.4 is 0 Å². The van der Waals surface area contributed by atoms with Crippen molar-refractivity contribution in [3.05, 3.63) is 0 Å². The van der Waals surface area contributed by atoms with Gasteiger partial charge in [-0.2, -0.15) is 0 Å². The van der Waals surface area contributed by atoms with Gasteiger partial charge in [0.2, 0.25) is 0 Å². The molecular formula is C6H12Cl2O2. The number of hydrogen-bond donors (Lipinski definition) is 2. The van der Waals surface area contributed by atoms with Crippen LogP contribution in [0.1, 0.15) is 13.3 Å². The molecule has 2 nitrogen and oxygen atoms in total. The maximum absolute atomic E-state index is 9.08. The Morgan fingerprint density at radius 1 is 1.40 bits per heavy atom. The first-order valence-corrected chi connectivity index (χ1v) is 4.11. The van der Waals surface area contributed by atoms with Gasteiger partial charge >= 0.3 is 0 Å². The Morgan fingerprint density at radius 3 is 2.20 bits per heavy atom. The number of aliphatic hydroxyl groups excluding tert-OH is 2. The van der Waals surface area contributed by atoms with Gasteiger partial charge in [0.1, 0.15) is 0 Å². The minimum absolute atomic E-state index is 0.140. The second kappa shape index (κ2) is 5.19. The van der Waals surface area contributed by atoms with Gasteiger partial charge in [-0.1, -0.05) is 0 Å². The second-order valence-corrected chi connectivity index (χ2v) is 3.29. The number of halogens is 2. The van der Waals surface area contributed by atoms with Gasteiger partial charge in [-0.25, -0.2) is 0 Å². The summed E-state index contributed by atoms with van der Waals surface area (Å²) in [6.45, 7) is 1.67. The van der Waals surface area contributed by atoms with Crippen LogP contribution in [0, 0.1) is 0 Å². The fourth-order valence-electron chi connectivity index (χ4n) is 0.529. The molecule has 62 valence electrons. The van der Waals surface area contributed by atoms with E-state index in [1.807, 2.05) is 0 Å². The molecule has 3 unspecified atom stereocenters. The van der Waals surface area contributed by atoms with E-state index in [4.69, 9.17) is 33.4 Å². The van der Waals surface area contributed by atoms with Crippen LogP contribution in [0.25, 0.3) is 0 Å². The standard InChI is InChI=1S/C6H12Cl2O2/c1-4(8)6(10)2-5(9)3-7/h4-6,9-10H,2-3H2,1H3. The maximum atomic E-state index is 9.08. The van der Waals surface area contributed by atoms with Crippen molar-refractivity contribution >= 4 is 23.2 Å². The summed E-state index contributed by atoms with van der Waals surface area (Å²) < 4.78 is 0. The fraction of sp³-hybridized carbons (Fsp3) is 1.00. The zero-order chi connectivity index (χ0) is 8.15. The largest absolute Gasteiger partial charge is 0.392 e. The lowest BCUT2D eigenvalue weighted by atomic mass is 10.1. The summed E-state index contributed by atoms with van der Waals surface area (Å²) in [6.07, 6.45) is -1.08. The highest BCUT2D eigenvalue weighted by atomic mass is 35.5. The minimum atomic E-state index is -0.671. The van der Waals surface area contributed by atoms with E-state index in [0.717, 1.165) is 0 Å². The molecule has 0 fully saturated rings. The summed E-state index contributed by atoms with van der Waals surface area (Å²) in [5.41, 5.74) is 0. The SMILES string of the molecule is CC(Cl)C(O)CC(O)CCl. The summed E-state index contributed by atoms with van der Waals surface area (Å²) in [7, 11) is 0. The molecule has 4 heteroatoms. The van der Waals surface area contributed by atoms with Crippen molar-refractivity contribution in [1.82, 2.24) is 0 Å². The molecule has 0 spiro atoms. The van der Waals surface area contributed by atoms with Crippen LogP contribution in [-0.4, -0.2) is 33.7 Å². The molecule has 0 aromatic rings. The first-order chi connectivity index (χ1) is 4.57. The van der Waals surface area contributed by atoms with Crippen molar-refractivity contribution in [3.63, 3.8) is 0 Å². The molecular weight excluding hydrogens is 175 g/mol. The molecule has 0 aliphatic carbocycles. The van der Waals surface area contributed by atoms with Crippen molar-refractivity contribution < 1.29 is 10.2 Å². The third-order valence-corrected chi connectivity index (χ3v) is 1.87. The van der Waals surface area contributed by atoms with Gasteiger partial charge in [0.25, 0.3) is 0 Å². The molecule has 0 saturated heterocycles. The highest BCUT2D eigenvalue weighted by molar-refractivity contribution is 6.20. The predicted molar refractivity (Wildman–Crippen MR) is 42.7 cm³/mol. The first kappa shape index (κ1) is 10.5. The third-order valence-electron chi connectivity index (χ3n) is 1.22. The summed E-state index contributed by atoms with van der Waals surface area (Å²) in [4.78, 5) is 0. The quantitative estimate of drug-likeness (QED) is 0.643. The second-order valence-electron chi connectivity index (χ2n) is 2.29. The summed E-state index contributed by atoms with van der Waals surface area (Å²) in [6, 6.07) is 0. The number of rotatable bonds is 4. The van der Waals surface area contributed by atoms with Gasteiger partial charge in [0, 0.05) is 12.3 Å². The number of hydrogen-bond acceptors (Lipinski definition) is 2. The lowest BCUT2D eigenvalue weighted by molar-refractivity contribution is 0.0920. The van der Waals surface area contributed by atoms with Crippen molar-refractivity contribution in [2.75, 3.05) is 5.88 Å². The zero-order valence-electron chi connectivity index (χ0n) is 5.80. The molecule has 3 atom stereocenters. The average Bonchev–Trinajstić information content (AvgIpc) is 1.87. The minimum Gasteiger partial charge on any atom is -0.392 e. The van der Waals surface area contributed by atoms with Crippen LogP contribution in [0.5, 0.6) is 0 Å². The van der Waals surface area contributed by atoms with Crippen LogP contribution in [0.3, 0.4) is 0 Å². The average molecular weight is 187 g/mol.